The van der Waals surface area contributed by atoms with Gasteiger partial charge in [0.2, 0.25) is 5.91 Å². The maximum absolute atomic E-state index is 11.7. The van der Waals surface area contributed by atoms with Gasteiger partial charge >= 0.3 is 0 Å². The topological polar surface area (TPSA) is 216 Å². The molecule has 0 unspecified atom stereocenters. The molecule has 1 amide bonds. The van der Waals surface area contributed by atoms with Crippen molar-refractivity contribution in [1.29, 1.82) is 0 Å². The Bertz CT molecular complexity index is 858. The van der Waals surface area contributed by atoms with Crippen LogP contribution in [0.15, 0.2) is 12.7 Å². The van der Waals surface area contributed by atoms with Crippen LogP contribution >= 0.6 is 0 Å². The molecule has 13 heteroatoms. The van der Waals surface area contributed by atoms with Crippen LogP contribution < -0.4 is 21.9 Å². The zero-order chi connectivity index (χ0) is 19.7. The second-order valence-corrected chi connectivity index (χ2v) is 6.15. The van der Waals surface area contributed by atoms with Crippen molar-refractivity contribution in [2.45, 2.75) is 37.0 Å². The lowest BCUT2D eigenvalue weighted by atomic mass is 10.1. The number of nitrogens with one attached hydrogen (secondary N) is 1. The summed E-state index contributed by atoms with van der Waals surface area (Å²) in [5.41, 5.74) is 9.65. The van der Waals surface area contributed by atoms with E-state index in [1.165, 1.54) is 17.2 Å². The highest BCUT2D eigenvalue weighted by atomic mass is 16.6. The number of amides is 1. The first-order valence-electron chi connectivity index (χ1n) is 8.04. The van der Waals surface area contributed by atoms with E-state index in [-0.39, 0.29) is 18.8 Å². The monoisotopic (exact) mass is 381 g/mol. The van der Waals surface area contributed by atoms with Gasteiger partial charge in [0.05, 0.1) is 18.7 Å². The first kappa shape index (κ1) is 18.9. The van der Waals surface area contributed by atoms with Crippen molar-refractivity contribution < 1.29 is 35.4 Å². The lowest BCUT2D eigenvalue weighted by Gasteiger charge is -2.16. The number of hydrogen-bond donors (Lipinski definition) is 5. The Morgan fingerprint density at radius 3 is 2.81 bits per heavy atom. The Balaban J connectivity index is 1.68. The molecule has 0 bridgehead atoms. The Hall–Kier alpha value is -2.87. The number of carbonyl (C=O) groups excluding carboxylic acids is 2. The molecule has 13 nitrogen and oxygen atoms in total. The normalized spacial score (nSPS) is 26.2. The molecule has 0 aromatic carbocycles. The van der Waals surface area contributed by atoms with Gasteiger partial charge in [-0.3, -0.25) is 9.36 Å². The van der Waals surface area contributed by atoms with E-state index in [9.17, 15) is 24.9 Å². The molecule has 1 fully saturated rings. The van der Waals surface area contributed by atoms with Crippen molar-refractivity contribution in [3.63, 3.8) is 0 Å². The quantitative estimate of drug-likeness (QED) is 0.320. The van der Waals surface area contributed by atoms with Gasteiger partial charge in [-0.25, -0.2) is 15.0 Å². The first-order valence-corrected chi connectivity index (χ1v) is 8.04. The number of aromatic nitrogens is 4. The van der Waals surface area contributed by atoms with Gasteiger partial charge in [-0.15, -0.1) is 0 Å². The fraction of sp³-hybridized carbons (Fsp3) is 0.500. The SMILES string of the molecule is Nc1ncnc2c1ncn2[C@@H]1O[C@H](CNC(=O)C[C@H]([NH3+])C(=O)[O-])[C@@H](O)[C@H]1O. The highest BCUT2D eigenvalue weighted by molar-refractivity contribution is 5.82. The lowest BCUT2D eigenvalue weighted by Crippen LogP contribution is -2.69. The second-order valence-electron chi connectivity index (χ2n) is 6.15. The molecule has 1 saturated heterocycles. The Morgan fingerprint density at radius 1 is 1.37 bits per heavy atom. The number of aliphatic hydroxyl groups is 2. The van der Waals surface area contributed by atoms with Crippen LogP contribution in [0.4, 0.5) is 5.82 Å². The number of fused-ring (bicyclic) bond motifs is 1. The van der Waals surface area contributed by atoms with Gasteiger partial charge in [-0.2, -0.15) is 0 Å². The van der Waals surface area contributed by atoms with Crippen molar-refractivity contribution in [1.82, 2.24) is 24.8 Å². The molecule has 0 radical (unpaired) electrons. The summed E-state index contributed by atoms with van der Waals surface area (Å²) in [7, 11) is 0. The van der Waals surface area contributed by atoms with Crippen LogP contribution in [-0.2, 0) is 14.3 Å². The molecule has 8 N–H and O–H groups in total. The number of imidazole rings is 1. The molecule has 146 valence electrons. The summed E-state index contributed by atoms with van der Waals surface area (Å²) >= 11 is 0. The van der Waals surface area contributed by atoms with Crippen LogP contribution in [0, 0.1) is 0 Å². The maximum Gasteiger partial charge on any atom is 0.226 e. The van der Waals surface area contributed by atoms with Gasteiger partial charge in [-0.1, -0.05) is 0 Å². The van der Waals surface area contributed by atoms with Crippen LogP contribution in [0.5, 0.6) is 0 Å². The number of nitrogens with zero attached hydrogens (tertiary/aromatic N) is 4. The third-order valence-corrected chi connectivity index (χ3v) is 4.26. The number of aliphatic carboxylic acids is 1. The summed E-state index contributed by atoms with van der Waals surface area (Å²) in [5, 5.41) is 33.6. The van der Waals surface area contributed by atoms with E-state index in [1.807, 2.05) is 0 Å². The minimum atomic E-state index is -1.44. The molecule has 3 heterocycles. The molecule has 3 rings (SSSR count). The summed E-state index contributed by atoms with van der Waals surface area (Å²) < 4.78 is 7.05. The summed E-state index contributed by atoms with van der Waals surface area (Å²) in [6.45, 7) is -0.142. The molecule has 0 spiro atoms. The summed E-state index contributed by atoms with van der Waals surface area (Å²) in [5.74, 6) is -1.88. The molecule has 27 heavy (non-hydrogen) atoms. The number of nitrogen functional groups attached to an aromatic ring is 1. The van der Waals surface area contributed by atoms with E-state index in [4.69, 9.17) is 10.5 Å². The molecule has 5 atom stereocenters. The van der Waals surface area contributed by atoms with Crippen LogP contribution in [0.2, 0.25) is 0 Å². The number of nitrogens with two attached hydrogens (primary N) is 1. The Kier molecular flexibility index (Phi) is 5.18. The third kappa shape index (κ3) is 3.66. The zero-order valence-electron chi connectivity index (χ0n) is 14.1. The maximum atomic E-state index is 11.7. The smallest absolute Gasteiger partial charge is 0.226 e. The highest BCUT2D eigenvalue weighted by Gasteiger charge is 2.44. The predicted molar refractivity (Wildman–Crippen MR) is 85.0 cm³/mol. The summed E-state index contributed by atoms with van der Waals surface area (Å²) in [4.78, 5) is 34.3. The molecular formula is C14H19N7O6. The average molecular weight is 381 g/mol. The number of hydrogen-bond acceptors (Lipinski definition) is 10. The van der Waals surface area contributed by atoms with Crippen LogP contribution in [0.3, 0.4) is 0 Å². The second kappa shape index (κ2) is 7.40. The number of carboxylic acids is 1. The average Bonchev–Trinajstić information content (AvgIpc) is 3.16. The summed E-state index contributed by atoms with van der Waals surface area (Å²) in [6, 6.07) is -1.19. The van der Waals surface area contributed by atoms with Gasteiger partial charge in [-0.05, 0) is 0 Å². The van der Waals surface area contributed by atoms with Crippen molar-refractivity contribution in [3.8, 4) is 0 Å². The first-order chi connectivity index (χ1) is 12.8. The van der Waals surface area contributed by atoms with Gasteiger partial charge in [0.1, 0.15) is 36.2 Å². The van der Waals surface area contributed by atoms with Gasteiger partial charge in [0, 0.05) is 6.54 Å². The molecule has 0 saturated carbocycles. The van der Waals surface area contributed by atoms with Crippen LogP contribution in [0.25, 0.3) is 11.2 Å². The number of anilines is 1. The number of ether oxygens (including phenoxy) is 1. The molecule has 2 aromatic heterocycles. The fourth-order valence-corrected chi connectivity index (χ4v) is 2.78. The van der Waals surface area contributed by atoms with Crippen molar-refractivity contribution in [2.24, 2.45) is 0 Å². The minimum Gasteiger partial charge on any atom is -0.544 e. The highest BCUT2D eigenvalue weighted by Crippen LogP contribution is 2.31. The fourth-order valence-electron chi connectivity index (χ4n) is 2.78. The molecule has 1 aliphatic rings. The minimum absolute atomic E-state index is 0.142. The molecule has 1 aliphatic heterocycles. The number of quaternary nitrogens is 1. The number of carbonyl (C=O) groups is 2. The van der Waals surface area contributed by atoms with Crippen LogP contribution in [-0.4, -0.2) is 72.5 Å². The van der Waals surface area contributed by atoms with Crippen molar-refractivity contribution in [2.75, 3.05) is 12.3 Å². The largest absolute Gasteiger partial charge is 0.544 e. The predicted octanol–water partition coefficient (Wildman–Crippen LogP) is -5.11. The molecular weight excluding hydrogens is 362 g/mol. The molecule has 0 aliphatic carbocycles. The van der Waals surface area contributed by atoms with E-state index >= 15 is 0 Å². The van der Waals surface area contributed by atoms with E-state index < -0.39 is 42.5 Å². The van der Waals surface area contributed by atoms with Gasteiger partial charge < -0.3 is 41.6 Å². The Labute approximate surface area is 152 Å². The van der Waals surface area contributed by atoms with E-state index in [0.717, 1.165) is 0 Å². The number of aliphatic hydroxyl groups excluding tert-OH is 2. The molecule has 2 aromatic rings. The van der Waals surface area contributed by atoms with E-state index in [0.29, 0.717) is 11.2 Å². The van der Waals surface area contributed by atoms with Crippen molar-refractivity contribution >= 4 is 28.9 Å². The standard InChI is InChI=1S/C14H19N7O6/c15-5(14(25)26)1-7(22)17-2-6-9(23)10(24)13(27-6)21-4-20-8-11(16)18-3-19-12(8)21/h3-6,9-10,13,23-24H,1-2,15H2,(H,17,22)(H,25,26)(H2,16,18,19)/t5-,6+,9+,10+,13+/m0/s1. The summed E-state index contributed by atoms with van der Waals surface area (Å²) in [6.07, 6.45) is -2.35. The lowest BCUT2D eigenvalue weighted by molar-refractivity contribution is -0.436. The number of carboxylic acid groups (broad SMARTS) is 1. The van der Waals surface area contributed by atoms with E-state index in [1.54, 1.807) is 0 Å². The Morgan fingerprint density at radius 2 is 2.11 bits per heavy atom. The van der Waals surface area contributed by atoms with E-state index in [2.05, 4.69) is 26.0 Å². The van der Waals surface area contributed by atoms with Gasteiger partial charge in [0.25, 0.3) is 0 Å². The number of rotatable bonds is 6. The third-order valence-electron chi connectivity index (χ3n) is 4.26. The van der Waals surface area contributed by atoms with Crippen molar-refractivity contribution in [3.05, 3.63) is 12.7 Å². The zero-order valence-corrected chi connectivity index (χ0v) is 14.1. The van der Waals surface area contributed by atoms with Crippen LogP contribution in [0.1, 0.15) is 12.6 Å². The van der Waals surface area contributed by atoms with Gasteiger partial charge in [0.15, 0.2) is 17.7 Å².